The van der Waals surface area contributed by atoms with Crippen LogP contribution in [0.5, 0.6) is 0 Å². The van der Waals surface area contributed by atoms with Crippen LogP contribution in [-0.4, -0.2) is 24.4 Å². The lowest BCUT2D eigenvalue weighted by Crippen LogP contribution is -2.43. The van der Waals surface area contributed by atoms with E-state index in [1.54, 1.807) is 0 Å². The molecule has 1 fully saturated rings. The highest BCUT2D eigenvalue weighted by molar-refractivity contribution is 6.01. The number of halogens is 3. The topological polar surface area (TPSA) is 49.4 Å². The van der Waals surface area contributed by atoms with E-state index in [1.807, 2.05) is 0 Å². The summed E-state index contributed by atoms with van der Waals surface area (Å²) >= 11 is 0. The Kier molecular flexibility index (Phi) is 3.46. The van der Waals surface area contributed by atoms with E-state index in [0.29, 0.717) is 12.1 Å². The number of hydrogen-bond acceptors (Lipinski definition) is 2. The van der Waals surface area contributed by atoms with Gasteiger partial charge in [0.2, 0.25) is 11.8 Å². The van der Waals surface area contributed by atoms with Crippen LogP contribution < -0.4 is 10.2 Å². The molecule has 102 valence electrons. The summed E-state index contributed by atoms with van der Waals surface area (Å²) < 4.78 is 40.1. The summed E-state index contributed by atoms with van der Waals surface area (Å²) in [7, 11) is 0. The van der Waals surface area contributed by atoms with E-state index >= 15 is 0 Å². The first-order valence-electron chi connectivity index (χ1n) is 5.65. The Balaban J connectivity index is 2.45. The molecule has 1 aromatic rings. The number of nitrogens with zero attached hydrogens (tertiary/aromatic N) is 1. The van der Waals surface area contributed by atoms with Gasteiger partial charge in [-0.3, -0.25) is 9.59 Å². The van der Waals surface area contributed by atoms with Crippen molar-refractivity contribution in [3.8, 4) is 0 Å². The molecule has 0 aromatic heterocycles. The lowest BCUT2D eigenvalue weighted by atomic mass is 10.2. The van der Waals surface area contributed by atoms with Crippen molar-refractivity contribution < 1.29 is 22.8 Å². The van der Waals surface area contributed by atoms with Gasteiger partial charge in [0.1, 0.15) is 17.5 Å². The maximum atomic E-state index is 13.6. The lowest BCUT2D eigenvalue weighted by molar-refractivity contribution is -0.125. The number of carbonyl (C=O) groups excluding carboxylic acids is 2. The molecule has 1 saturated heterocycles. The third-order valence-electron chi connectivity index (χ3n) is 2.83. The van der Waals surface area contributed by atoms with Crippen LogP contribution in [0.4, 0.5) is 18.9 Å². The van der Waals surface area contributed by atoms with Crippen LogP contribution in [-0.2, 0) is 9.59 Å². The average molecular weight is 272 g/mol. The van der Waals surface area contributed by atoms with E-state index in [-0.39, 0.29) is 18.9 Å². The molecule has 1 aliphatic rings. The summed E-state index contributed by atoms with van der Waals surface area (Å²) in [5.41, 5.74) is -0.630. The maximum Gasteiger partial charge on any atom is 0.249 e. The molecule has 1 unspecified atom stereocenters. The van der Waals surface area contributed by atoms with Crippen molar-refractivity contribution in [2.75, 3.05) is 11.4 Å². The van der Waals surface area contributed by atoms with Crippen molar-refractivity contribution in [3.05, 3.63) is 29.6 Å². The molecule has 2 rings (SSSR count). The van der Waals surface area contributed by atoms with Gasteiger partial charge in [-0.15, -0.1) is 0 Å². The molecule has 1 aliphatic heterocycles. The Morgan fingerprint density at radius 1 is 1.21 bits per heavy atom. The maximum absolute atomic E-state index is 13.6. The van der Waals surface area contributed by atoms with Crippen molar-refractivity contribution in [3.63, 3.8) is 0 Å². The summed E-state index contributed by atoms with van der Waals surface area (Å²) in [6.07, 6.45) is -0.0770. The summed E-state index contributed by atoms with van der Waals surface area (Å²) in [5.74, 6) is -4.44. The normalized spacial score (nSPS) is 20.2. The van der Waals surface area contributed by atoms with Crippen LogP contribution >= 0.6 is 0 Å². The molecule has 1 aromatic carbocycles. The molecule has 0 saturated carbocycles. The van der Waals surface area contributed by atoms with Crippen molar-refractivity contribution in [2.45, 2.75) is 19.4 Å². The van der Waals surface area contributed by atoms with E-state index in [2.05, 4.69) is 5.32 Å². The number of anilines is 1. The van der Waals surface area contributed by atoms with Crippen molar-refractivity contribution in [1.82, 2.24) is 5.32 Å². The third kappa shape index (κ3) is 2.54. The minimum absolute atomic E-state index is 0.0770. The van der Waals surface area contributed by atoms with Crippen LogP contribution in [0, 0.1) is 17.5 Å². The molecule has 4 nitrogen and oxygen atoms in total. The van der Waals surface area contributed by atoms with Gasteiger partial charge in [0, 0.05) is 25.1 Å². The number of benzene rings is 1. The largest absolute Gasteiger partial charge is 0.345 e. The smallest absolute Gasteiger partial charge is 0.249 e. The predicted molar refractivity (Wildman–Crippen MR) is 60.9 cm³/mol. The molecule has 19 heavy (non-hydrogen) atoms. The Morgan fingerprint density at radius 3 is 2.37 bits per heavy atom. The molecule has 0 radical (unpaired) electrons. The minimum atomic E-state index is -1.17. The van der Waals surface area contributed by atoms with Gasteiger partial charge >= 0.3 is 0 Å². The van der Waals surface area contributed by atoms with Gasteiger partial charge in [0.25, 0.3) is 0 Å². The number of amides is 2. The SMILES string of the molecule is CC1NC(=O)CCN(c2c(F)cc(F)cc2F)C1=O. The molecule has 2 amide bonds. The molecule has 0 aliphatic carbocycles. The molecule has 0 spiro atoms. The van der Waals surface area contributed by atoms with Gasteiger partial charge < -0.3 is 10.2 Å². The second-order valence-corrected chi connectivity index (χ2v) is 4.25. The van der Waals surface area contributed by atoms with E-state index in [9.17, 15) is 22.8 Å². The first kappa shape index (κ1) is 13.4. The number of nitrogens with one attached hydrogen (secondary N) is 1. The zero-order valence-electron chi connectivity index (χ0n) is 10.0. The second-order valence-electron chi connectivity index (χ2n) is 4.25. The summed E-state index contributed by atoms with van der Waals surface area (Å²) in [6.45, 7) is 1.26. The standard InChI is InChI=1S/C12H11F3N2O2/c1-6-12(19)17(3-2-10(18)16-6)11-8(14)4-7(13)5-9(11)15/h4-6H,2-3H2,1H3,(H,16,18). The molecular weight excluding hydrogens is 261 g/mol. The third-order valence-corrected chi connectivity index (χ3v) is 2.83. The number of carbonyl (C=O) groups is 2. The van der Waals surface area contributed by atoms with Gasteiger partial charge in [-0.05, 0) is 6.92 Å². The van der Waals surface area contributed by atoms with E-state index in [1.165, 1.54) is 6.92 Å². The highest BCUT2D eigenvalue weighted by atomic mass is 19.1. The zero-order chi connectivity index (χ0) is 14.2. The highest BCUT2D eigenvalue weighted by Crippen LogP contribution is 2.26. The highest BCUT2D eigenvalue weighted by Gasteiger charge is 2.31. The zero-order valence-corrected chi connectivity index (χ0v) is 10.0. The Bertz CT molecular complexity index is 525. The fourth-order valence-corrected chi connectivity index (χ4v) is 1.95. The van der Waals surface area contributed by atoms with Crippen molar-refractivity contribution >= 4 is 17.5 Å². The van der Waals surface area contributed by atoms with Gasteiger partial charge in [0.15, 0.2) is 11.6 Å². The molecule has 1 atom stereocenters. The van der Waals surface area contributed by atoms with Gasteiger partial charge in [-0.2, -0.15) is 0 Å². The quantitative estimate of drug-likeness (QED) is 0.839. The van der Waals surface area contributed by atoms with Crippen LogP contribution in [0.15, 0.2) is 12.1 Å². The van der Waals surface area contributed by atoms with Gasteiger partial charge in [0.05, 0.1) is 0 Å². The second kappa shape index (κ2) is 4.91. The van der Waals surface area contributed by atoms with Crippen LogP contribution in [0.1, 0.15) is 13.3 Å². The molecule has 0 bridgehead atoms. The fourth-order valence-electron chi connectivity index (χ4n) is 1.95. The number of hydrogen-bond donors (Lipinski definition) is 1. The molecule has 7 heteroatoms. The van der Waals surface area contributed by atoms with Crippen LogP contribution in [0.2, 0.25) is 0 Å². The van der Waals surface area contributed by atoms with E-state index < -0.39 is 35.1 Å². The molecule has 1 N–H and O–H groups in total. The van der Waals surface area contributed by atoms with Gasteiger partial charge in [-0.25, -0.2) is 13.2 Å². The Morgan fingerprint density at radius 2 is 1.79 bits per heavy atom. The summed E-state index contributed by atoms with van der Waals surface area (Å²) in [6, 6.07) is 0.103. The average Bonchev–Trinajstić information content (AvgIpc) is 2.41. The van der Waals surface area contributed by atoms with Crippen LogP contribution in [0.3, 0.4) is 0 Å². The predicted octanol–water partition coefficient (Wildman–Crippen LogP) is 1.35. The Hall–Kier alpha value is -2.05. The van der Waals surface area contributed by atoms with Crippen molar-refractivity contribution in [1.29, 1.82) is 0 Å². The summed E-state index contributed by atoms with van der Waals surface area (Å²) in [4.78, 5) is 24.1. The van der Waals surface area contributed by atoms with Gasteiger partial charge in [-0.1, -0.05) is 0 Å². The monoisotopic (exact) mass is 272 g/mol. The minimum Gasteiger partial charge on any atom is -0.345 e. The molecule has 1 heterocycles. The fraction of sp³-hybridized carbons (Fsp3) is 0.333. The van der Waals surface area contributed by atoms with Crippen LogP contribution in [0.25, 0.3) is 0 Å². The first-order chi connectivity index (χ1) is 8.90. The van der Waals surface area contributed by atoms with Crippen molar-refractivity contribution in [2.24, 2.45) is 0 Å². The van der Waals surface area contributed by atoms with E-state index in [4.69, 9.17) is 0 Å². The lowest BCUT2D eigenvalue weighted by Gasteiger charge is -2.23. The van der Waals surface area contributed by atoms with E-state index in [0.717, 1.165) is 4.90 Å². The summed E-state index contributed by atoms with van der Waals surface area (Å²) in [5, 5.41) is 2.39. The number of rotatable bonds is 1. The molecular formula is C12H11F3N2O2. The first-order valence-corrected chi connectivity index (χ1v) is 5.65. The Labute approximate surface area is 107 Å².